The van der Waals surface area contributed by atoms with E-state index in [4.69, 9.17) is 9.72 Å². The maximum absolute atomic E-state index is 10.3. The van der Waals surface area contributed by atoms with Crippen LogP contribution in [0.3, 0.4) is 0 Å². The van der Waals surface area contributed by atoms with Crippen molar-refractivity contribution < 1.29 is 9.84 Å². The molecule has 4 aromatic rings. The van der Waals surface area contributed by atoms with E-state index in [2.05, 4.69) is 16.1 Å². The number of thiophene rings is 1. The number of nitrogens with zero attached hydrogens (tertiary/aromatic N) is 4. The van der Waals surface area contributed by atoms with Crippen molar-refractivity contribution in [3.8, 4) is 11.3 Å². The molecule has 0 saturated carbocycles. The molecule has 0 saturated heterocycles. The number of aryl methyl sites for hydroxylation is 1. The lowest BCUT2D eigenvalue weighted by atomic mass is 10.1. The highest BCUT2D eigenvalue weighted by Crippen LogP contribution is 2.32. The van der Waals surface area contributed by atoms with Crippen LogP contribution in [0, 0.1) is 0 Å². The Morgan fingerprint density at radius 3 is 3.00 bits per heavy atom. The first kappa shape index (κ1) is 17.1. The minimum atomic E-state index is -0.516. The first-order valence-corrected chi connectivity index (χ1v) is 9.42. The number of hydrogen-bond acceptors (Lipinski definition) is 6. The third kappa shape index (κ3) is 3.33. The number of rotatable bonds is 6. The first-order chi connectivity index (χ1) is 12.6. The third-order valence-electron chi connectivity index (χ3n) is 4.24. The molecule has 4 aromatic heterocycles. The van der Waals surface area contributed by atoms with Crippen LogP contribution in [0.15, 0.2) is 36.7 Å². The summed E-state index contributed by atoms with van der Waals surface area (Å²) in [5.74, 6) is 0. The topological polar surface area (TPSA) is 73.1 Å². The smallest absolute Gasteiger partial charge is 0.181 e. The molecular formula is C19H20N4O2S. The Bertz CT molecular complexity index is 1060. The van der Waals surface area contributed by atoms with Gasteiger partial charge in [-0.25, -0.2) is 9.97 Å². The van der Waals surface area contributed by atoms with Crippen LogP contribution >= 0.6 is 11.3 Å². The highest BCUT2D eigenvalue weighted by atomic mass is 32.1. The van der Waals surface area contributed by atoms with Crippen molar-refractivity contribution in [2.45, 2.75) is 19.4 Å². The molecule has 0 radical (unpaired) electrons. The molecule has 26 heavy (non-hydrogen) atoms. The Morgan fingerprint density at radius 1 is 1.27 bits per heavy atom. The zero-order valence-corrected chi connectivity index (χ0v) is 15.5. The van der Waals surface area contributed by atoms with E-state index >= 15 is 0 Å². The van der Waals surface area contributed by atoms with E-state index in [9.17, 15) is 5.11 Å². The lowest BCUT2D eigenvalue weighted by molar-refractivity contribution is 0.0902. The molecule has 0 spiro atoms. The van der Waals surface area contributed by atoms with Gasteiger partial charge in [0.15, 0.2) is 5.65 Å². The summed E-state index contributed by atoms with van der Waals surface area (Å²) in [7, 11) is 1.88. The van der Waals surface area contributed by atoms with Gasteiger partial charge in [-0.3, -0.25) is 4.68 Å². The molecule has 4 rings (SSSR count). The molecule has 0 bridgehead atoms. The van der Waals surface area contributed by atoms with Gasteiger partial charge >= 0.3 is 0 Å². The first-order valence-electron chi connectivity index (χ1n) is 8.60. The quantitative estimate of drug-likeness (QED) is 0.525. The van der Waals surface area contributed by atoms with Crippen LogP contribution in [0.5, 0.6) is 0 Å². The summed E-state index contributed by atoms with van der Waals surface area (Å²) >= 11 is 1.53. The van der Waals surface area contributed by atoms with Crippen LogP contribution in [0.25, 0.3) is 32.5 Å². The lowest BCUT2D eigenvalue weighted by Crippen LogP contribution is -2.01. The van der Waals surface area contributed by atoms with Crippen molar-refractivity contribution in [2.75, 3.05) is 13.2 Å². The van der Waals surface area contributed by atoms with Gasteiger partial charge in [0, 0.05) is 60.3 Å². The summed E-state index contributed by atoms with van der Waals surface area (Å²) in [6, 6.07) is 8.09. The molecule has 1 N–H and O–H groups in total. The van der Waals surface area contributed by atoms with Gasteiger partial charge in [-0.2, -0.15) is 5.10 Å². The van der Waals surface area contributed by atoms with E-state index in [1.54, 1.807) is 10.9 Å². The fourth-order valence-electron chi connectivity index (χ4n) is 2.92. The Balaban J connectivity index is 1.63. The molecule has 6 nitrogen and oxygen atoms in total. The number of ether oxygens (including phenoxy) is 1. The minimum Gasteiger partial charge on any atom is -0.387 e. The predicted octanol–water partition coefficient (Wildman–Crippen LogP) is 3.71. The van der Waals surface area contributed by atoms with E-state index < -0.39 is 6.10 Å². The molecule has 0 aromatic carbocycles. The summed E-state index contributed by atoms with van der Waals surface area (Å²) in [6.45, 7) is 3.18. The molecule has 0 fully saturated rings. The number of aromatic nitrogens is 4. The van der Waals surface area contributed by atoms with E-state index in [-0.39, 0.29) is 0 Å². The number of fused-ring (bicyclic) bond motifs is 2. The van der Waals surface area contributed by atoms with E-state index in [1.807, 2.05) is 38.4 Å². The Labute approximate surface area is 155 Å². The molecule has 0 amide bonds. The Kier molecular flexibility index (Phi) is 4.67. The maximum atomic E-state index is 10.3. The second-order valence-electron chi connectivity index (χ2n) is 6.18. The van der Waals surface area contributed by atoms with E-state index in [0.29, 0.717) is 19.6 Å². The van der Waals surface area contributed by atoms with Gasteiger partial charge in [0.1, 0.15) is 4.83 Å². The molecule has 0 aliphatic rings. The van der Waals surface area contributed by atoms with Crippen LogP contribution < -0.4 is 0 Å². The monoisotopic (exact) mass is 368 g/mol. The van der Waals surface area contributed by atoms with Gasteiger partial charge in [0.2, 0.25) is 0 Å². The highest BCUT2D eigenvalue weighted by molar-refractivity contribution is 7.18. The van der Waals surface area contributed by atoms with E-state index in [0.717, 1.165) is 37.4 Å². The SMILES string of the molecule is CCOCCC(O)c1cc2ccc(-c3cnc4nn(C)cc4c3)nc2s1. The fourth-order valence-corrected chi connectivity index (χ4v) is 3.97. The van der Waals surface area contributed by atoms with Gasteiger partial charge in [-0.15, -0.1) is 11.3 Å². The predicted molar refractivity (Wildman–Crippen MR) is 103 cm³/mol. The molecule has 1 atom stereocenters. The summed E-state index contributed by atoms with van der Waals surface area (Å²) in [6.07, 6.45) is 3.82. The van der Waals surface area contributed by atoms with Crippen LogP contribution in [-0.2, 0) is 11.8 Å². The van der Waals surface area contributed by atoms with Crippen molar-refractivity contribution in [3.05, 3.63) is 41.5 Å². The van der Waals surface area contributed by atoms with Gasteiger partial charge in [-0.1, -0.05) is 0 Å². The maximum Gasteiger partial charge on any atom is 0.181 e. The standard InChI is InChI=1S/C19H20N4O2S/c1-3-25-7-6-16(24)17-9-12-4-5-15(21-19(12)26-17)13-8-14-11-23(2)22-18(14)20-10-13/h4-5,8-11,16,24H,3,6-7H2,1-2H3. The van der Waals surface area contributed by atoms with Crippen molar-refractivity contribution in [1.29, 1.82) is 0 Å². The number of pyridine rings is 2. The van der Waals surface area contributed by atoms with Crippen LogP contribution in [0.1, 0.15) is 24.3 Å². The average Bonchev–Trinajstić information content (AvgIpc) is 3.22. The van der Waals surface area contributed by atoms with Crippen molar-refractivity contribution >= 4 is 32.6 Å². The number of aliphatic hydroxyl groups excluding tert-OH is 1. The summed E-state index contributed by atoms with van der Waals surface area (Å²) < 4.78 is 7.09. The highest BCUT2D eigenvalue weighted by Gasteiger charge is 2.13. The molecule has 1 unspecified atom stereocenters. The van der Waals surface area contributed by atoms with Gasteiger partial charge < -0.3 is 9.84 Å². The minimum absolute atomic E-state index is 0.516. The molecule has 134 valence electrons. The summed E-state index contributed by atoms with van der Waals surface area (Å²) in [5.41, 5.74) is 2.56. The number of hydrogen-bond donors (Lipinski definition) is 1. The molecular weight excluding hydrogens is 348 g/mol. The second-order valence-corrected chi connectivity index (χ2v) is 7.24. The summed E-state index contributed by atoms with van der Waals surface area (Å²) in [5, 5.41) is 16.7. The average molecular weight is 368 g/mol. The second kappa shape index (κ2) is 7.11. The van der Waals surface area contributed by atoms with Crippen LogP contribution in [0.2, 0.25) is 0 Å². The zero-order valence-electron chi connectivity index (χ0n) is 14.7. The largest absolute Gasteiger partial charge is 0.387 e. The van der Waals surface area contributed by atoms with Crippen molar-refractivity contribution in [1.82, 2.24) is 19.7 Å². The van der Waals surface area contributed by atoms with E-state index in [1.165, 1.54) is 11.3 Å². The molecule has 0 aliphatic heterocycles. The van der Waals surface area contributed by atoms with Crippen LogP contribution in [0.4, 0.5) is 0 Å². The zero-order chi connectivity index (χ0) is 18.1. The molecule has 0 aliphatic carbocycles. The summed E-state index contributed by atoms with van der Waals surface area (Å²) in [4.78, 5) is 11.0. The Hall–Kier alpha value is -2.35. The molecule has 4 heterocycles. The normalized spacial score (nSPS) is 12.9. The van der Waals surface area contributed by atoms with Crippen LogP contribution in [-0.4, -0.2) is 38.1 Å². The number of aliphatic hydroxyl groups is 1. The lowest BCUT2D eigenvalue weighted by Gasteiger charge is -2.07. The Morgan fingerprint density at radius 2 is 2.15 bits per heavy atom. The van der Waals surface area contributed by atoms with Gasteiger partial charge in [0.05, 0.1) is 11.8 Å². The van der Waals surface area contributed by atoms with Crippen molar-refractivity contribution in [3.63, 3.8) is 0 Å². The van der Waals surface area contributed by atoms with Gasteiger partial charge in [0.25, 0.3) is 0 Å². The fraction of sp³-hybridized carbons (Fsp3) is 0.316. The van der Waals surface area contributed by atoms with Gasteiger partial charge in [-0.05, 0) is 31.2 Å². The third-order valence-corrected chi connectivity index (χ3v) is 5.39. The van der Waals surface area contributed by atoms with Crippen molar-refractivity contribution in [2.24, 2.45) is 7.05 Å². The molecule has 7 heteroatoms.